The summed E-state index contributed by atoms with van der Waals surface area (Å²) in [5, 5.41) is 26.3. The highest BCUT2D eigenvalue weighted by Gasteiger charge is 2.23. The molecule has 0 unspecified atom stereocenters. The maximum atomic E-state index is 13.0. The van der Waals surface area contributed by atoms with E-state index in [1.165, 1.54) is 35.9 Å². The van der Waals surface area contributed by atoms with E-state index in [4.69, 9.17) is 4.74 Å². The topological polar surface area (TPSA) is 125 Å². The molecule has 1 saturated carbocycles. The van der Waals surface area contributed by atoms with Crippen LogP contribution in [0.15, 0.2) is 71.6 Å². The van der Waals surface area contributed by atoms with Gasteiger partial charge in [-0.1, -0.05) is 24.3 Å². The van der Waals surface area contributed by atoms with Crippen LogP contribution in [0.5, 0.6) is 11.5 Å². The van der Waals surface area contributed by atoms with E-state index in [9.17, 15) is 27.8 Å². The van der Waals surface area contributed by atoms with Crippen LogP contribution in [0.3, 0.4) is 0 Å². The Kier molecular flexibility index (Phi) is 9.78. The molecule has 214 valence electrons. The van der Waals surface area contributed by atoms with Crippen LogP contribution in [-0.4, -0.2) is 56.1 Å². The number of hydrogen-bond acceptors (Lipinski definition) is 7. The highest BCUT2D eigenvalue weighted by atomic mass is 32.2. The summed E-state index contributed by atoms with van der Waals surface area (Å²) in [5.74, 6) is -0.159. The highest BCUT2D eigenvalue weighted by molar-refractivity contribution is 7.90. The van der Waals surface area contributed by atoms with Gasteiger partial charge in [-0.05, 0) is 79.1 Å². The zero-order valence-corrected chi connectivity index (χ0v) is 23.2. The predicted molar refractivity (Wildman–Crippen MR) is 150 cm³/mol. The zero-order chi connectivity index (χ0) is 28.7. The number of aromatic hydroxyl groups is 1. The van der Waals surface area contributed by atoms with E-state index in [0.717, 1.165) is 37.5 Å². The predicted octanol–water partition coefficient (Wildman–Crippen LogP) is 3.92. The number of carbonyl (C=O) groups excluding carboxylic acids is 1. The van der Waals surface area contributed by atoms with Gasteiger partial charge in [0.15, 0.2) is 9.84 Å². The molecule has 40 heavy (non-hydrogen) atoms. The van der Waals surface area contributed by atoms with E-state index in [0.29, 0.717) is 24.6 Å². The quantitative estimate of drug-likeness (QED) is 0.275. The molecule has 0 radical (unpaired) electrons. The first-order valence-electron chi connectivity index (χ1n) is 13.3. The van der Waals surface area contributed by atoms with E-state index < -0.39 is 15.9 Å². The number of carbonyl (C=O) groups is 1. The number of hydrogen-bond donors (Lipinski definition) is 4. The first-order chi connectivity index (χ1) is 19.1. The van der Waals surface area contributed by atoms with Gasteiger partial charge in [-0.15, -0.1) is 0 Å². The van der Waals surface area contributed by atoms with Crippen molar-refractivity contribution in [3.05, 3.63) is 89.2 Å². The van der Waals surface area contributed by atoms with E-state index in [2.05, 4.69) is 10.6 Å². The van der Waals surface area contributed by atoms with Crippen molar-refractivity contribution < 1.29 is 32.6 Å². The second-order valence-corrected chi connectivity index (χ2v) is 12.2. The smallest absolute Gasteiger partial charge is 0.251 e. The highest BCUT2D eigenvalue weighted by Crippen LogP contribution is 2.33. The largest absolute Gasteiger partial charge is 0.507 e. The number of amides is 1. The van der Waals surface area contributed by atoms with E-state index in [-0.39, 0.29) is 40.8 Å². The lowest BCUT2D eigenvalue weighted by molar-refractivity contribution is 0.0950. The lowest BCUT2D eigenvalue weighted by atomic mass is 9.81. The van der Waals surface area contributed by atoms with E-state index in [1.807, 2.05) is 24.3 Å². The van der Waals surface area contributed by atoms with Crippen LogP contribution in [0.4, 0.5) is 4.39 Å². The summed E-state index contributed by atoms with van der Waals surface area (Å²) in [6.45, 7) is 0.661. The molecule has 1 aliphatic carbocycles. The summed E-state index contributed by atoms with van der Waals surface area (Å²) < 4.78 is 42.1. The Bertz CT molecular complexity index is 1390. The second kappa shape index (κ2) is 13.3. The molecule has 0 aromatic heterocycles. The molecule has 0 spiro atoms. The number of ether oxygens (including phenoxy) is 1. The Morgan fingerprint density at radius 2 is 1.70 bits per heavy atom. The fourth-order valence-electron chi connectivity index (χ4n) is 4.86. The maximum absolute atomic E-state index is 13.0. The van der Waals surface area contributed by atoms with E-state index >= 15 is 0 Å². The first-order valence-corrected chi connectivity index (χ1v) is 15.2. The number of halogens is 1. The minimum absolute atomic E-state index is 0.0137. The third-order valence-electron chi connectivity index (χ3n) is 7.15. The first kappa shape index (κ1) is 29.5. The summed E-state index contributed by atoms with van der Waals surface area (Å²) in [6, 6.07) is 18.0. The number of rotatable bonds is 11. The van der Waals surface area contributed by atoms with Crippen molar-refractivity contribution in [2.45, 2.75) is 55.2 Å². The Morgan fingerprint density at radius 1 is 1.02 bits per heavy atom. The summed E-state index contributed by atoms with van der Waals surface area (Å²) >= 11 is 0. The number of benzene rings is 3. The number of phenols is 1. The molecule has 0 bridgehead atoms. The molecular formula is C30H35FN2O6S. The fourth-order valence-corrected chi connectivity index (χ4v) is 5.64. The van der Waals surface area contributed by atoms with Gasteiger partial charge in [0.2, 0.25) is 0 Å². The normalized spacial score (nSPS) is 18.2. The zero-order valence-electron chi connectivity index (χ0n) is 22.3. The van der Waals surface area contributed by atoms with Gasteiger partial charge in [-0.3, -0.25) is 4.79 Å². The lowest BCUT2D eigenvalue weighted by Gasteiger charge is -2.30. The van der Waals surface area contributed by atoms with Gasteiger partial charge in [0.05, 0.1) is 0 Å². The van der Waals surface area contributed by atoms with Crippen LogP contribution in [0.2, 0.25) is 0 Å². The molecule has 1 amide bonds. The second-order valence-electron chi connectivity index (χ2n) is 10.3. The molecule has 4 N–H and O–H groups in total. The van der Waals surface area contributed by atoms with Crippen molar-refractivity contribution in [3.63, 3.8) is 0 Å². The SMILES string of the molecule is CS(=O)(=O)c1cc(OC[C@@H](O)CNC2CCC(c3ccc(C(=O)NCc4ccc(F)cc4)cc3)CC2)ccc1O. The molecule has 4 rings (SSSR count). The van der Waals surface area contributed by atoms with Crippen LogP contribution in [-0.2, 0) is 16.4 Å². The molecule has 0 heterocycles. The molecule has 1 atom stereocenters. The molecule has 0 aliphatic heterocycles. The average molecular weight is 571 g/mol. The van der Waals surface area contributed by atoms with Crippen molar-refractivity contribution >= 4 is 15.7 Å². The van der Waals surface area contributed by atoms with Crippen molar-refractivity contribution in [1.29, 1.82) is 0 Å². The van der Waals surface area contributed by atoms with Gasteiger partial charge in [-0.2, -0.15) is 0 Å². The molecule has 8 nitrogen and oxygen atoms in total. The standard InChI is InChI=1S/C30H35FN2O6S/c1-40(37,38)29-16-27(14-15-28(29)35)39-19-26(34)18-32-25-12-8-22(9-13-25)21-4-6-23(7-5-21)30(36)33-17-20-2-10-24(31)11-3-20/h2-7,10-11,14-16,22,25-26,32,34-35H,8-9,12-13,17-19H2,1H3,(H,33,36)/t22?,25?,26-/m0/s1. The minimum Gasteiger partial charge on any atom is -0.507 e. The minimum atomic E-state index is -3.60. The lowest BCUT2D eigenvalue weighted by Crippen LogP contribution is -2.39. The van der Waals surface area contributed by atoms with Gasteiger partial charge in [0.25, 0.3) is 5.91 Å². The molecular weight excluding hydrogens is 535 g/mol. The van der Waals surface area contributed by atoms with Gasteiger partial charge in [0.1, 0.15) is 34.9 Å². The van der Waals surface area contributed by atoms with Crippen LogP contribution in [0, 0.1) is 5.82 Å². The molecule has 0 saturated heterocycles. The number of aliphatic hydroxyl groups is 1. The molecule has 1 aliphatic rings. The summed E-state index contributed by atoms with van der Waals surface area (Å²) in [4.78, 5) is 12.3. The molecule has 3 aromatic carbocycles. The summed E-state index contributed by atoms with van der Waals surface area (Å²) in [5.41, 5.74) is 2.61. The van der Waals surface area contributed by atoms with Gasteiger partial charge in [-0.25, -0.2) is 12.8 Å². The number of phenolic OH excluding ortho intramolecular Hbond substituents is 1. The summed E-state index contributed by atoms with van der Waals surface area (Å²) in [6.07, 6.45) is 4.11. The van der Waals surface area contributed by atoms with Gasteiger partial charge >= 0.3 is 0 Å². The molecule has 1 fully saturated rings. The van der Waals surface area contributed by atoms with Crippen molar-refractivity contribution in [2.24, 2.45) is 0 Å². The van der Waals surface area contributed by atoms with Crippen molar-refractivity contribution in [1.82, 2.24) is 10.6 Å². The van der Waals surface area contributed by atoms with Crippen molar-refractivity contribution in [2.75, 3.05) is 19.4 Å². The average Bonchev–Trinajstić information content (AvgIpc) is 2.95. The molecule has 3 aromatic rings. The molecule has 10 heteroatoms. The van der Waals surface area contributed by atoms with Crippen LogP contribution < -0.4 is 15.4 Å². The number of sulfone groups is 1. The van der Waals surface area contributed by atoms with Gasteiger partial charge < -0.3 is 25.6 Å². The number of nitrogens with one attached hydrogen (secondary N) is 2. The maximum Gasteiger partial charge on any atom is 0.251 e. The Hall–Kier alpha value is -3.47. The van der Waals surface area contributed by atoms with Gasteiger partial charge in [0, 0.05) is 37.0 Å². The third kappa shape index (κ3) is 8.27. The number of aliphatic hydroxyl groups excluding tert-OH is 1. The Morgan fingerprint density at radius 3 is 2.35 bits per heavy atom. The van der Waals surface area contributed by atoms with Crippen LogP contribution in [0.1, 0.15) is 53.1 Å². The Labute approximate surface area is 234 Å². The van der Waals surface area contributed by atoms with Crippen LogP contribution in [0.25, 0.3) is 0 Å². The third-order valence-corrected chi connectivity index (χ3v) is 8.28. The fraction of sp³-hybridized carbons (Fsp3) is 0.367. The summed E-state index contributed by atoms with van der Waals surface area (Å²) in [7, 11) is -3.60. The van der Waals surface area contributed by atoms with E-state index in [1.54, 1.807) is 12.1 Å². The van der Waals surface area contributed by atoms with Crippen molar-refractivity contribution in [3.8, 4) is 11.5 Å². The van der Waals surface area contributed by atoms with Crippen LogP contribution >= 0.6 is 0 Å². The monoisotopic (exact) mass is 570 g/mol. The Balaban J connectivity index is 1.17.